The minimum Gasteiger partial charge on any atom is -0.465 e. The average Bonchev–Trinajstić information content (AvgIpc) is 3.07. The van der Waals surface area contributed by atoms with Crippen LogP contribution < -0.4 is 14.2 Å². The number of hydrogen-bond donors (Lipinski definition) is 0. The van der Waals surface area contributed by atoms with Gasteiger partial charge in [0.15, 0.2) is 11.5 Å². The Labute approximate surface area is 109 Å². The summed E-state index contributed by atoms with van der Waals surface area (Å²) in [5, 5.41) is 0. The highest BCUT2D eigenvalue weighted by Crippen LogP contribution is 2.35. The number of fused-ring (bicyclic) bond motifs is 1. The number of ether oxygens (including phenoxy) is 3. The number of carbonyl (C=O) groups excluding carboxylic acids is 1. The van der Waals surface area contributed by atoms with Crippen molar-refractivity contribution in [2.24, 2.45) is 0 Å². The maximum Gasteiger partial charge on any atom is 0.336 e. The maximum atomic E-state index is 11.6. The average molecular weight is 258 g/mol. The van der Waals surface area contributed by atoms with Crippen molar-refractivity contribution >= 4 is 12.0 Å². The Bertz CT molecular complexity index is 613. The fraction of sp³-hybridized carbons (Fsp3) is 0.0714. The number of carbonyl (C=O) groups is 1. The van der Waals surface area contributed by atoms with Crippen LogP contribution in [-0.4, -0.2) is 12.8 Å². The second-order valence-electron chi connectivity index (χ2n) is 3.78. The van der Waals surface area contributed by atoms with Crippen LogP contribution >= 0.6 is 0 Å². The zero-order valence-corrected chi connectivity index (χ0v) is 9.87. The number of furan rings is 1. The minimum absolute atomic E-state index is 0.186. The highest BCUT2D eigenvalue weighted by molar-refractivity contribution is 5.88. The van der Waals surface area contributed by atoms with Gasteiger partial charge in [-0.05, 0) is 30.3 Å². The Hall–Kier alpha value is -2.69. The second-order valence-corrected chi connectivity index (χ2v) is 3.78. The summed E-state index contributed by atoms with van der Waals surface area (Å²) in [6.07, 6.45) is 4.36. The fourth-order valence-electron chi connectivity index (χ4n) is 1.63. The molecule has 0 saturated carbocycles. The molecular formula is C14H10O5. The molecule has 0 spiro atoms. The Kier molecular flexibility index (Phi) is 2.94. The summed E-state index contributed by atoms with van der Waals surface area (Å²) in [7, 11) is 0. The predicted molar refractivity (Wildman–Crippen MR) is 65.9 cm³/mol. The van der Waals surface area contributed by atoms with Gasteiger partial charge in [0.2, 0.25) is 6.79 Å². The van der Waals surface area contributed by atoms with Crippen molar-refractivity contribution < 1.29 is 23.4 Å². The third-order valence-corrected chi connectivity index (χ3v) is 2.49. The minimum atomic E-state index is -0.490. The van der Waals surface area contributed by atoms with Crippen LogP contribution in [0, 0.1) is 0 Å². The maximum absolute atomic E-state index is 11.6. The van der Waals surface area contributed by atoms with Gasteiger partial charge in [-0.3, -0.25) is 0 Å². The molecule has 0 unspecified atom stereocenters. The van der Waals surface area contributed by atoms with E-state index >= 15 is 0 Å². The SMILES string of the molecule is O=C(/C=C/c1ccco1)Oc1ccc2c(c1)OCO2. The number of rotatable bonds is 3. The smallest absolute Gasteiger partial charge is 0.336 e. The van der Waals surface area contributed by atoms with Crippen molar-refractivity contribution in [3.05, 3.63) is 48.4 Å². The van der Waals surface area contributed by atoms with Crippen molar-refractivity contribution in [3.8, 4) is 17.2 Å². The van der Waals surface area contributed by atoms with Crippen molar-refractivity contribution in [1.82, 2.24) is 0 Å². The summed E-state index contributed by atoms with van der Waals surface area (Å²) in [5.74, 6) is 1.71. The van der Waals surface area contributed by atoms with Gasteiger partial charge < -0.3 is 18.6 Å². The molecule has 5 heteroatoms. The van der Waals surface area contributed by atoms with Crippen LogP contribution in [-0.2, 0) is 4.79 Å². The lowest BCUT2D eigenvalue weighted by Gasteiger charge is -2.02. The van der Waals surface area contributed by atoms with E-state index in [4.69, 9.17) is 18.6 Å². The first-order valence-electron chi connectivity index (χ1n) is 5.64. The molecule has 1 aromatic carbocycles. The molecular weight excluding hydrogens is 248 g/mol. The standard InChI is InChI=1S/C14H10O5/c15-14(6-4-10-2-1-7-16-10)19-11-3-5-12-13(8-11)18-9-17-12/h1-8H,9H2/b6-4+. The summed E-state index contributed by atoms with van der Waals surface area (Å²) in [6, 6.07) is 8.43. The zero-order valence-electron chi connectivity index (χ0n) is 9.87. The van der Waals surface area contributed by atoms with Gasteiger partial charge >= 0.3 is 5.97 Å². The van der Waals surface area contributed by atoms with Crippen LogP contribution in [0.2, 0.25) is 0 Å². The molecule has 0 radical (unpaired) electrons. The summed E-state index contributed by atoms with van der Waals surface area (Å²) in [5.41, 5.74) is 0. The molecule has 3 rings (SSSR count). The highest BCUT2D eigenvalue weighted by Gasteiger charge is 2.14. The number of esters is 1. The van der Waals surface area contributed by atoms with Gasteiger partial charge in [0, 0.05) is 12.1 Å². The van der Waals surface area contributed by atoms with Crippen molar-refractivity contribution in [2.45, 2.75) is 0 Å². The summed E-state index contributed by atoms with van der Waals surface area (Å²) < 4.78 is 20.6. The van der Waals surface area contributed by atoms with Crippen molar-refractivity contribution in [3.63, 3.8) is 0 Å². The third kappa shape index (κ3) is 2.60. The van der Waals surface area contributed by atoms with E-state index in [1.165, 1.54) is 18.4 Å². The molecule has 0 amide bonds. The van der Waals surface area contributed by atoms with Crippen LogP contribution in [0.25, 0.3) is 6.08 Å². The van der Waals surface area contributed by atoms with Gasteiger partial charge in [-0.15, -0.1) is 0 Å². The normalized spacial score (nSPS) is 12.8. The van der Waals surface area contributed by atoms with Crippen LogP contribution in [0.1, 0.15) is 5.76 Å². The molecule has 1 aliphatic rings. The van der Waals surface area contributed by atoms with Gasteiger partial charge in [0.25, 0.3) is 0 Å². The monoisotopic (exact) mass is 258 g/mol. The molecule has 2 heterocycles. The van der Waals surface area contributed by atoms with Crippen LogP contribution in [0.15, 0.2) is 47.1 Å². The molecule has 0 bridgehead atoms. The zero-order chi connectivity index (χ0) is 13.1. The summed E-state index contributed by atoms with van der Waals surface area (Å²) in [4.78, 5) is 11.6. The Morgan fingerprint density at radius 2 is 2.11 bits per heavy atom. The van der Waals surface area contributed by atoms with E-state index in [2.05, 4.69) is 0 Å². The first-order chi connectivity index (χ1) is 9.31. The molecule has 19 heavy (non-hydrogen) atoms. The second kappa shape index (κ2) is 4.89. The number of hydrogen-bond acceptors (Lipinski definition) is 5. The molecule has 0 saturated heterocycles. The molecule has 0 N–H and O–H groups in total. The fourth-order valence-corrected chi connectivity index (χ4v) is 1.63. The van der Waals surface area contributed by atoms with Gasteiger partial charge in [-0.1, -0.05) is 0 Å². The molecule has 1 aliphatic heterocycles. The van der Waals surface area contributed by atoms with Crippen molar-refractivity contribution in [1.29, 1.82) is 0 Å². The quantitative estimate of drug-likeness (QED) is 0.481. The molecule has 0 fully saturated rings. The Balaban J connectivity index is 1.66. The van der Waals surface area contributed by atoms with E-state index in [0.717, 1.165) is 0 Å². The third-order valence-electron chi connectivity index (χ3n) is 2.49. The Morgan fingerprint density at radius 1 is 1.21 bits per heavy atom. The predicted octanol–water partition coefficient (Wildman–Crippen LogP) is 2.63. The molecule has 0 atom stereocenters. The highest BCUT2D eigenvalue weighted by atomic mass is 16.7. The molecule has 96 valence electrons. The van der Waals surface area contributed by atoms with Crippen LogP contribution in [0.3, 0.4) is 0 Å². The lowest BCUT2D eigenvalue weighted by Crippen LogP contribution is -2.03. The van der Waals surface area contributed by atoms with Crippen LogP contribution in [0.4, 0.5) is 0 Å². The van der Waals surface area contributed by atoms with Crippen molar-refractivity contribution in [2.75, 3.05) is 6.79 Å². The van der Waals surface area contributed by atoms with Gasteiger partial charge in [-0.25, -0.2) is 4.79 Å². The largest absolute Gasteiger partial charge is 0.465 e. The van der Waals surface area contributed by atoms with Crippen LogP contribution in [0.5, 0.6) is 17.2 Å². The van der Waals surface area contributed by atoms with Gasteiger partial charge in [-0.2, -0.15) is 0 Å². The first kappa shape index (κ1) is 11.4. The summed E-state index contributed by atoms with van der Waals surface area (Å²) in [6.45, 7) is 0.186. The lowest BCUT2D eigenvalue weighted by molar-refractivity contribution is -0.128. The van der Waals surface area contributed by atoms with Gasteiger partial charge in [0.1, 0.15) is 11.5 Å². The van der Waals surface area contributed by atoms with Gasteiger partial charge in [0.05, 0.1) is 6.26 Å². The molecule has 2 aromatic rings. The van der Waals surface area contributed by atoms with E-state index in [1.54, 1.807) is 30.3 Å². The van der Waals surface area contributed by atoms with E-state index < -0.39 is 5.97 Å². The summed E-state index contributed by atoms with van der Waals surface area (Å²) >= 11 is 0. The number of benzene rings is 1. The van der Waals surface area contributed by atoms with E-state index in [1.807, 2.05) is 0 Å². The lowest BCUT2D eigenvalue weighted by atomic mass is 10.3. The first-order valence-corrected chi connectivity index (χ1v) is 5.64. The molecule has 1 aromatic heterocycles. The van der Waals surface area contributed by atoms with E-state index in [-0.39, 0.29) is 6.79 Å². The van der Waals surface area contributed by atoms with E-state index in [9.17, 15) is 4.79 Å². The molecule has 5 nitrogen and oxygen atoms in total. The topological polar surface area (TPSA) is 57.9 Å². The van der Waals surface area contributed by atoms with E-state index in [0.29, 0.717) is 23.0 Å². The molecule has 0 aliphatic carbocycles. The Morgan fingerprint density at radius 3 is 2.95 bits per heavy atom.